The van der Waals surface area contributed by atoms with Gasteiger partial charge in [0.25, 0.3) is 0 Å². The van der Waals surface area contributed by atoms with Gasteiger partial charge in [0.2, 0.25) is 0 Å². The summed E-state index contributed by atoms with van der Waals surface area (Å²) in [6.45, 7) is 0. The van der Waals surface area contributed by atoms with E-state index in [1.54, 1.807) is 0 Å². The highest BCUT2D eigenvalue weighted by molar-refractivity contribution is 5.79. The summed E-state index contributed by atoms with van der Waals surface area (Å²) in [6, 6.07) is 15.8. The largest absolute Gasteiger partial charge is 0.481 e. The van der Waals surface area contributed by atoms with E-state index in [0.29, 0.717) is 19.3 Å². The lowest BCUT2D eigenvalue weighted by Crippen LogP contribution is -2.24. The lowest BCUT2D eigenvalue weighted by Gasteiger charge is -2.25. The molecule has 2 aromatic rings. The van der Waals surface area contributed by atoms with Crippen LogP contribution >= 0.6 is 0 Å². The van der Waals surface area contributed by atoms with Crippen LogP contribution in [-0.2, 0) is 10.4 Å². The zero-order valence-electron chi connectivity index (χ0n) is 11.7. The van der Waals surface area contributed by atoms with Gasteiger partial charge in [0.05, 0.1) is 0 Å². The number of hydrogen-bond acceptors (Lipinski definition) is 2. The molecular formula is C18H18O3. The van der Waals surface area contributed by atoms with Crippen LogP contribution in [0.2, 0.25) is 0 Å². The molecule has 21 heavy (non-hydrogen) atoms. The topological polar surface area (TPSA) is 57.5 Å². The number of carboxylic acids is 1. The Balaban J connectivity index is 1.92. The van der Waals surface area contributed by atoms with Crippen molar-refractivity contribution in [2.45, 2.75) is 31.3 Å². The van der Waals surface area contributed by atoms with Gasteiger partial charge in [0, 0.05) is 6.42 Å². The smallest absolute Gasteiger partial charge is 0.303 e. The zero-order chi connectivity index (χ0) is 14.9. The van der Waals surface area contributed by atoms with Crippen LogP contribution in [0.1, 0.15) is 36.8 Å². The highest BCUT2D eigenvalue weighted by Crippen LogP contribution is 2.49. The summed E-state index contributed by atoms with van der Waals surface area (Å²) < 4.78 is 0. The summed E-state index contributed by atoms with van der Waals surface area (Å²) in [6.07, 6.45) is 1.97. The van der Waals surface area contributed by atoms with E-state index in [9.17, 15) is 9.90 Å². The van der Waals surface area contributed by atoms with Crippen molar-refractivity contribution in [3.63, 3.8) is 0 Å². The van der Waals surface area contributed by atoms with Crippen LogP contribution < -0.4 is 0 Å². The van der Waals surface area contributed by atoms with Crippen molar-refractivity contribution in [1.82, 2.24) is 0 Å². The van der Waals surface area contributed by atoms with Crippen molar-refractivity contribution in [3.05, 3.63) is 59.7 Å². The van der Waals surface area contributed by atoms with E-state index in [4.69, 9.17) is 5.11 Å². The first-order chi connectivity index (χ1) is 10.1. The molecule has 0 aromatic heterocycles. The first kappa shape index (κ1) is 13.8. The lowest BCUT2D eigenvalue weighted by molar-refractivity contribution is -0.137. The summed E-state index contributed by atoms with van der Waals surface area (Å²) in [7, 11) is 0. The van der Waals surface area contributed by atoms with Crippen molar-refractivity contribution in [3.8, 4) is 11.1 Å². The fourth-order valence-corrected chi connectivity index (χ4v) is 3.23. The number of rotatable bonds is 5. The number of unbranched alkanes of at least 4 members (excludes halogenated alkanes) is 1. The van der Waals surface area contributed by atoms with Crippen LogP contribution in [-0.4, -0.2) is 16.2 Å². The zero-order valence-corrected chi connectivity index (χ0v) is 11.7. The van der Waals surface area contributed by atoms with Crippen LogP contribution in [0.25, 0.3) is 11.1 Å². The summed E-state index contributed by atoms with van der Waals surface area (Å²) >= 11 is 0. The van der Waals surface area contributed by atoms with E-state index < -0.39 is 11.6 Å². The minimum Gasteiger partial charge on any atom is -0.481 e. The van der Waals surface area contributed by atoms with E-state index >= 15 is 0 Å². The highest BCUT2D eigenvalue weighted by Gasteiger charge is 2.40. The number of carbonyl (C=O) groups is 1. The molecule has 0 saturated heterocycles. The summed E-state index contributed by atoms with van der Waals surface area (Å²) in [4.78, 5) is 10.6. The highest BCUT2D eigenvalue weighted by atomic mass is 16.4. The fraction of sp³-hybridized carbons (Fsp3) is 0.278. The Labute approximate surface area is 123 Å². The second-order valence-corrected chi connectivity index (χ2v) is 5.55. The summed E-state index contributed by atoms with van der Waals surface area (Å²) in [5, 5.41) is 19.9. The lowest BCUT2D eigenvalue weighted by atomic mass is 9.86. The van der Waals surface area contributed by atoms with Gasteiger partial charge in [0.1, 0.15) is 5.60 Å². The van der Waals surface area contributed by atoms with E-state index in [-0.39, 0.29) is 6.42 Å². The van der Waals surface area contributed by atoms with Crippen molar-refractivity contribution in [1.29, 1.82) is 0 Å². The molecule has 2 N–H and O–H groups in total. The van der Waals surface area contributed by atoms with Gasteiger partial charge in [-0.3, -0.25) is 4.79 Å². The van der Waals surface area contributed by atoms with Gasteiger partial charge in [-0.15, -0.1) is 0 Å². The molecule has 1 aliphatic rings. The van der Waals surface area contributed by atoms with Gasteiger partial charge >= 0.3 is 5.97 Å². The van der Waals surface area contributed by atoms with Gasteiger partial charge in [-0.2, -0.15) is 0 Å². The first-order valence-electron chi connectivity index (χ1n) is 7.26. The number of fused-ring (bicyclic) bond motifs is 3. The van der Waals surface area contributed by atoms with Crippen molar-refractivity contribution in [2.75, 3.05) is 0 Å². The quantitative estimate of drug-likeness (QED) is 0.825. The SMILES string of the molecule is O=C(O)CCCCC1(O)c2ccccc2-c2ccccc21. The maximum Gasteiger partial charge on any atom is 0.303 e. The normalized spacial score (nSPS) is 14.5. The molecule has 0 fully saturated rings. The standard InChI is InChI=1S/C18H18O3/c19-17(20)11-5-6-12-18(21)15-9-3-1-7-13(15)14-8-2-4-10-16(14)18/h1-4,7-10,21H,5-6,11-12H2,(H,19,20). The van der Waals surface area contributed by atoms with Gasteiger partial charge < -0.3 is 10.2 Å². The van der Waals surface area contributed by atoms with E-state index in [1.165, 1.54) is 0 Å². The Morgan fingerprint density at radius 1 is 0.905 bits per heavy atom. The fourth-order valence-electron chi connectivity index (χ4n) is 3.23. The Bertz CT molecular complexity index is 630. The van der Waals surface area contributed by atoms with Gasteiger partial charge in [0.15, 0.2) is 0 Å². The molecule has 1 aliphatic carbocycles. The molecule has 0 saturated carbocycles. The van der Waals surface area contributed by atoms with E-state index in [2.05, 4.69) is 0 Å². The maximum atomic E-state index is 11.2. The molecule has 3 heteroatoms. The van der Waals surface area contributed by atoms with Crippen LogP contribution in [0.3, 0.4) is 0 Å². The number of benzene rings is 2. The van der Waals surface area contributed by atoms with Crippen molar-refractivity contribution >= 4 is 5.97 Å². The molecule has 0 atom stereocenters. The van der Waals surface area contributed by atoms with Crippen LogP contribution in [0.4, 0.5) is 0 Å². The molecule has 0 heterocycles. The summed E-state index contributed by atoms with van der Waals surface area (Å²) in [5.74, 6) is -0.783. The van der Waals surface area contributed by atoms with Gasteiger partial charge in [-0.25, -0.2) is 0 Å². The van der Waals surface area contributed by atoms with E-state index in [0.717, 1.165) is 22.3 Å². The maximum absolute atomic E-state index is 11.2. The third-order valence-corrected chi connectivity index (χ3v) is 4.21. The molecule has 0 unspecified atom stereocenters. The van der Waals surface area contributed by atoms with Crippen LogP contribution in [0, 0.1) is 0 Å². The Kier molecular flexibility index (Phi) is 3.52. The number of carboxylic acid groups (broad SMARTS) is 1. The van der Waals surface area contributed by atoms with Crippen LogP contribution in [0.15, 0.2) is 48.5 Å². The van der Waals surface area contributed by atoms with Gasteiger partial charge in [-0.05, 0) is 41.5 Å². The molecule has 3 nitrogen and oxygen atoms in total. The molecule has 2 aromatic carbocycles. The second-order valence-electron chi connectivity index (χ2n) is 5.55. The predicted molar refractivity (Wildman–Crippen MR) is 81.0 cm³/mol. The third-order valence-electron chi connectivity index (χ3n) is 4.21. The third kappa shape index (κ3) is 2.34. The Morgan fingerprint density at radius 2 is 1.43 bits per heavy atom. The minimum absolute atomic E-state index is 0.152. The number of aliphatic carboxylic acids is 1. The Morgan fingerprint density at radius 3 is 1.95 bits per heavy atom. The number of hydrogen-bond donors (Lipinski definition) is 2. The molecule has 0 bridgehead atoms. The predicted octanol–water partition coefficient (Wildman–Crippen LogP) is 3.55. The molecule has 108 valence electrons. The monoisotopic (exact) mass is 282 g/mol. The first-order valence-corrected chi connectivity index (χ1v) is 7.26. The average Bonchev–Trinajstić information content (AvgIpc) is 2.75. The Hall–Kier alpha value is -2.13. The second kappa shape index (κ2) is 5.34. The summed E-state index contributed by atoms with van der Waals surface area (Å²) in [5.41, 5.74) is 3.02. The van der Waals surface area contributed by atoms with E-state index in [1.807, 2.05) is 48.5 Å². The van der Waals surface area contributed by atoms with Crippen molar-refractivity contribution in [2.24, 2.45) is 0 Å². The minimum atomic E-state index is -0.994. The molecular weight excluding hydrogens is 264 g/mol. The molecule has 0 amide bonds. The van der Waals surface area contributed by atoms with Gasteiger partial charge in [-0.1, -0.05) is 48.5 Å². The number of aliphatic hydroxyl groups is 1. The molecule has 3 rings (SSSR count). The van der Waals surface area contributed by atoms with Crippen molar-refractivity contribution < 1.29 is 15.0 Å². The van der Waals surface area contributed by atoms with Crippen LogP contribution in [0.5, 0.6) is 0 Å². The average molecular weight is 282 g/mol. The molecule has 0 radical (unpaired) electrons. The molecule has 0 aliphatic heterocycles. The molecule has 0 spiro atoms.